The summed E-state index contributed by atoms with van der Waals surface area (Å²) in [7, 11) is 1.42. The molecule has 3 aliphatic heterocycles. The maximum atomic E-state index is 14.8. The van der Waals surface area contributed by atoms with E-state index in [0.717, 1.165) is 15.8 Å². The number of fused-ring (bicyclic) bond motifs is 5. The third-order valence-electron chi connectivity index (χ3n) is 13.9. The third-order valence-corrected chi connectivity index (χ3v) is 14.3. The highest BCUT2D eigenvalue weighted by molar-refractivity contribution is 6.19. The molecule has 394 valence electrons. The Morgan fingerprint density at radius 2 is 1.63 bits per heavy atom. The van der Waals surface area contributed by atoms with Crippen molar-refractivity contribution in [2.45, 2.75) is 89.8 Å². The quantitative estimate of drug-likeness (QED) is 0.0386. The highest BCUT2D eigenvalue weighted by Crippen LogP contribution is 2.47. The molecule has 1 saturated heterocycles. The van der Waals surface area contributed by atoms with Gasteiger partial charge in [-0.15, -0.1) is 11.6 Å². The third kappa shape index (κ3) is 11.3. The van der Waals surface area contributed by atoms with Crippen LogP contribution in [0.1, 0.15) is 84.1 Å². The second-order valence-electron chi connectivity index (χ2n) is 19.3. The number of benzene rings is 5. The Kier molecular flexibility index (Phi) is 16.5. The van der Waals surface area contributed by atoms with Crippen molar-refractivity contribution < 1.29 is 58.3 Å². The maximum Gasteiger partial charge on any atom is 0.414 e. The zero-order valence-electron chi connectivity index (χ0n) is 42.1. The van der Waals surface area contributed by atoms with Gasteiger partial charge in [0.1, 0.15) is 31.0 Å². The van der Waals surface area contributed by atoms with Crippen molar-refractivity contribution in [2.75, 3.05) is 47.8 Å². The van der Waals surface area contributed by atoms with E-state index in [1.165, 1.54) is 31.1 Å². The number of aliphatic hydroxyl groups excluding tert-OH is 1. The molecule has 1 fully saturated rings. The first-order valence-electron chi connectivity index (χ1n) is 24.8. The van der Waals surface area contributed by atoms with Crippen molar-refractivity contribution in [1.82, 2.24) is 15.5 Å². The van der Waals surface area contributed by atoms with Gasteiger partial charge in [-0.2, -0.15) is 0 Å². The van der Waals surface area contributed by atoms with Gasteiger partial charge in [-0.05, 0) is 71.9 Å². The number of phenols is 1. The SMILES string of the molecule is C=CCOC(=O)NC(C(=O)NC(C)C(=O)Nc1ccc(Cc2c(OC)c(OCc3cccc(CC(=O)N4C[C@@H](CCl)c5c4cc(O)c4ccccc54)c3)cc3c2C(=O)N2CCCC[C@H]2C(O)N3C(=O)O)cc1)C(C)C. The lowest BCUT2D eigenvalue weighted by Gasteiger charge is -2.38. The molecule has 75 heavy (non-hydrogen) atoms. The number of nitrogens with one attached hydrogen (secondary N) is 3. The van der Waals surface area contributed by atoms with Gasteiger partial charge in [0.15, 0.2) is 17.7 Å². The Bertz CT molecular complexity index is 3020. The number of hydrogen-bond donors (Lipinski definition) is 6. The van der Waals surface area contributed by atoms with Crippen LogP contribution in [0.15, 0.2) is 97.6 Å². The molecule has 0 saturated carbocycles. The van der Waals surface area contributed by atoms with E-state index in [1.54, 1.807) is 55.1 Å². The predicted molar refractivity (Wildman–Crippen MR) is 283 cm³/mol. The van der Waals surface area contributed by atoms with Gasteiger partial charge in [-0.25, -0.2) is 14.5 Å². The number of rotatable bonds is 17. The fraction of sp³-hybridized carbons (Fsp3) is 0.357. The second-order valence-corrected chi connectivity index (χ2v) is 19.6. The van der Waals surface area contributed by atoms with Crippen LogP contribution in [-0.4, -0.2) is 113 Å². The molecule has 3 heterocycles. The Morgan fingerprint density at radius 3 is 2.32 bits per heavy atom. The van der Waals surface area contributed by atoms with Gasteiger partial charge in [0.2, 0.25) is 17.7 Å². The average molecular weight is 1050 g/mol. The minimum absolute atomic E-state index is 0.0192. The van der Waals surface area contributed by atoms with E-state index in [-0.39, 0.29) is 78.2 Å². The summed E-state index contributed by atoms with van der Waals surface area (Å²) in [6.45, 7) is 9.02. The number of hydrogen-bond acceptors (Lipinski definition) is 11. The molecule has 0 aliphatic carbocycles. The van der Waals surface area contributed by atoms with E-state index in [4.69, 9.17) is 25.8 Å². The molecule has 8 rings (SSSR count). The van der Waals surface area contributed by atoms with Crippen LogP contribution in [-0.2, 0) is 38.6 Å². The molecule has 6 N–H and O–H groups in total. The number of amides is 6. The molecule has 0 aromatic heterocycles. The van der Waals surface area contributed by atoms with Gasteiger partial charge in [0.05, 0.1) is 36.5 Å². The summed E-state index contributed by atoms with van der Waals surface area (Å²) in [4.78, 5) is 84.7. The molecule has 5 atom stereocenters. The van der Waals surface area contributed by atoms with Crippen LogP contribution in [0.3, 0.4) is 0 Å². The van der Waals surface area contributed by atoms with E-state index in [9.17, 15) is 44.1 Å². The summed E-state index contributed by atoms with van der Waals surface area (Å²) < 4.78 is 17.5. The van der Waals surface area contributed by atoms with Crippen LogP contribution in [0.5, 0.6) is 17.2 Å². The molecule has 18 nitrogen and oxygen atoms in total. The molecule has 0 spiro atoms. The van der Waals surface area contributed by atoms with Crippen LogP contribution >= 0.6 is 11.6 Å². The molecule has 0 radical (unpaired) electrons. The summed E-state index contributed by atoms with van der Waals surface area (Å²) in [5, 5.41) is 42.9. The Balaban J connectivity index is 1.05. The Hall–Kier alpha value is -7.83. The number of halogens is 1. The van der Waals surface area contributed by atoms with Crippen LogP contribution < -0.4 is 35.2 Å². The molecule has 6 amide bonds. The number of aliphatic hydroxyl groups is 1. The van der Waals surface area contributed by atoms with E-state index in [1.807, 2.05) is 42.5 Å². The normalized spacial score (nSPS) is 17.7. The largest absolute Gasteiger partial charge is 0.507 e. The highest BCUT2D eigenvalue weighted by Gasteiger charge is 2.45. The molecule has 5 aromatic carbocycles. The van der Waals surface area contributed by atoms with Gasteiger partial charge in [-0.1, -0.05) is 87.2 Å². The molecular weight excluding hydrogens is 984 g/mol. The zero-order valence-corrected chi connectivity index (χ0v) is 42.9. The monoisotopic (exact) mass is 1040 g/mol. The number of phenolic OH excluding ortho intramolecular Hbond substituents is 1. The first-order valence-corrected chi connectivity index (χ1v) is 25.4. The number of carbonyl (C=O) groups excluding carboxylic acids is 5. The number of nitrogens with zero attached hydrogens (tertiary/aromatic N) is 3. The van der Waals surface area contributed by atoms with Crippen LogP contribution in [0.2, 0.25) is 0 Å². The molecule has 0 bridgehead atoms. The van der Waals surface area contributed by atoms with Gasteiger partial charge in [0.25, 0.3) is 5.91 Å². The zero-order chi connectivity index (χ0) is 53.7. The summed E-state index contributed by atoms with van der Waals surface area (Å²) >= 11 is 6.45. The van der Waals surface area contributed by atoms with Crippen LogP contribution in [0.4, 0.5) is 26.7 Å². The number of methoxy groups -OCH3 is 1. The first-order chi connectivity index (χ1) is 36.0. The molecule has 3 unspecified atom stereocenters. The van der Waals surface area contributed by atoms with Crippen molar-refractivity contribution in [3.63, 3.8) is 0 Å². The predicted octanol–water partition coefficient (Wildman–Crippen LogP) is 7.83. The number of ether oxygens (including phenoxy) is 3. The van der Waals surface area contributed by atoms with Gasteiger partial charge < -0.3 is 55.3 Å². The maximum absolute atomic E-state index is 14.8. The van der Waals surface area contributed by atoms with Crippen LogP contribution in [0.25, 0.3) is 10.8 Å². The summed E-state index contributed by atoms with van der Waals surface area (Å²) in [6.07, 6.45) is -0.712. The van der Waals surface area contributed by atoms with Crippen molar-refractivity contribution in [3.8, 4) is 17.2 Å². The second kappa shape index (κ2) is 23.2. The Morgan fingerprint density at radius 1 is 0.893 bits per heavy atom. The smallest absolute Gasteiger partial charge is 0.414 e. The lowest BCUT2D eigenvalue weighted by Crippen LogP contribution is -2.54. The van der Waals surface area contributed by atoms with E-state index >= 15 is 0 Å². The number of anilines is 3. The number of carboxylic acid groups (broad SMARTS) is 1. The topological polar surface area (TPSA) is 237 Å². The summed E-state index contributed by atoms with van der Waals surface area (Å²) in [5.74, 6) is -1.63. The van der Waals surface area contributed by atoms with E-state index < -0.39 is 54.3 Å². The van der Waals surface area contributed by atoms with E-state index in [2.05, 4.69) is 22.5 Å². The van der Waals surface area contributed by atoms with Crippen molar-refractivity contribution >= 4 is 75.3 Å². The number of alkyl carbamates (subject to hydrolysis) is 1. The van der Waals surface area contributed by atoms with Gasteiger partial charge in [0, 0.05) is 60.1 Å². The average Bonchev–Trinajstić information content (AvgIpc) is 3.74. The minimum atomic E-state index is -1.59. The first kappa shape index (κ1) is 53.5. The number of aromatic hydroxyl groups is 1. The molecule has 3 aliphatic rings. The van der Waals surface area contributed by atoms with Gasteiger partial charge in [-0.3, -0.25) is 19.2 Å². The lowest BCUT2D eigenvalue weighted by atomic mass is 9.94. The minimum Gasteiger partial charge on any atom is -0.507 e. The highest BCUT2D eigenvalue weighted by atomic mass is 35.5. The summed E-state index contributed by atoms with van der Waals surface area (Å²) in [6, 6.07) is 21.7. The number of alkyl halides is 1. The molecule has 5 aromatic rings. The fourth-order valence-electron chi connectivity index (χ4n) is 10.2. The van der Waals surface area contributed by atoms with Crippen molar-refractivity contribution in [2.24, 2.45) is 5.92 Å². The molecule has 19 heteroatoms. The molecular formula is C56H61ClN6O12. The lowest BCUT2D eigenvalue weighted by molar-refractivity contribution is -0.128. The van der Waals surface area contributed by atoms with Crippen molar-refractivity contribution in [1.29, 1.82) is 0 Å². The fourth-order valence-corrected chi connectivity index (χ4v) is 10.5. The standard InChI is InChI=1S/C56H61ClN6O12/c1-6-22-74-55(70)60-49(31(2)3)52(67)58-32(4)51(66)59-37-19-17-33(18-20-37)24-40-48-43(63(56(71)72)53(68)41-16-9-10-21-61(41)54(48)69)27-45(50(40)73-5)75-30-35-13-11-12-34(23-35)25-46(65)62-29-36(28-57)47-39-15-8-7-14-38(39)44(64)26-42(47)62/h6-8,11-15,17-20,23,26-27,31-32,36,41,49,53,64,68H,1,9-10,16,21-22,24-25,28-30H2,2-5H3,(H,58,67)(H,59,66)(H,60,70)(H,71,72)/t32?,36-,41+,49?,53?/m1/s1. The number of piperidine rings is 1. The van der Waals surface area contributed by atoms with Gasteiger partial charge >= 0.3 is 12.2 Å². The summed E-state index contributed by atoms with van der Waals surface area (Å²) in [5.41, 5.74) is 4.15. The Labute approximate surface area is 439 Å². The number of carbonyl (C=O) groups is 6. The van der Waals surface area contributed by atoms with Crippen LogP contribution in [0, 0.1) is 5.92 Å². The van der Waals surface area contributed by atoms with E-state index in [0.29, 0.717) is 71.4 Å². The van der Waals surface area contributed by atoms with Crippen molar-refractivity contribution in [3.05, 3.63) is 131 Å².